The fourth-order valence-electron chi connectivity index (χ4n) is 2.75. The van der Waals surface area contributed by atoms with E-state index in [1.165, 1.54) is 25.8 Å². The van der Waals surface area contributed by atoms with Crippen molar-refractivity contribution < 1.29 is 0 Å². The third-order valence-corrected chi connectivity index (χ3v) is 3.27. The minimum atomic E-state index is 0.417. The minimum absolute atomic E-state index is 0.417. The van der Waals surface area contributed by atoms with Crippen molar-refractivity contribution in [3.05, 3.63) is 0 Å². The lowest BCUT2D eigenvalue weighted by atomic mass is 10.0. The zero-order valence-electron chi connectivity index (χ0n) is 7.93. The molecule has 0 aromatic heterocycles. The number of nitrogens with zero attached hydrogens (tertiary/aromatic N) is 1. The Labute approximate surface area is 69.8 Å². The van der Waals surface area contributed by atoms with Crippen LogP contribution in [-0.4, -0.2) is 23.0 Å². The lowest BCUT2D eigenvalue weighted by Crippen LogP contribution is -2.45. The Morgan fingerprint density at radius 1 is 1.18 bits per heavy atom. The lowest BCUT2D eigenvalue weighted by Gasteiger charge is -2.38. The third kappa shape index (κ3) is 1.20. The van der Waals surface area contributed by atoms with Gasteiger partial charge in [-0.05, 0) is 46.0 Å². The molecule has 0 N–H and O–H groups in total. The average molecular weight is 153 g/mol. The van der Waals surface area contributed by atoms with Crippen molar-refractivity contribution in [1.29, 1.82) is 0 Å². The van der Waals surface area contributed by atoms with Crippen LogP contribution in [0, 0.1) is 5.92 Å². The van der Waals surface area contributed by atoms with Gasteiger partial charge in [-0.3, -0.25) is 4.90 Å². The number of likely N-dealkylation sites (tertiary alicyclic amines) is 1. The maximum absolute atomic E-state index is 2.70. The van der Waals surface area contributed by atoms with Crippen LogP contribution in [0.2, 0.25) is 0 Å². The predicted octanol–water partition coefficient (Wildman–Crippen LogP) is 2.27. The van der Waals surface area contributed by atoms with Crippen LogP contribution in [0.15, 0.2) is 0 Å². The second-order valence-corrected chi connectivity index (χ2v) is 5.16. The summed E-state index contributed by atoms with van der Waals surface area (Å²) in [5, 5.41) is 0. The first kappa shape index (κ1) is 7.60. The Hall–Kier alpha value is -0.0400. The molecule has 1 heteroatoms. The van der Waals surface area contributed by atoms with Crippen molar-refractivity contribution >= 4 is 0 Å². The van der Waals surface area contributed by atoms with Crippen molar-refractivity contribution in [3.63, 3.8) is 0 Å². The molecule has 1 aliphatic heterocycles. The zero-order chi connectivity index (χ0) is 8.06. The summed E-state index contributed by atoms with van der Waals surface area (Å²) in [6.45, 7) is 8.39. The molecule has 11 heavy (non-hydrogen) atoms. The molecule has 2 rings (SSSR count). The van der Waals surface area contributed by atoms with Gasteiger partial charge in [-0.25, -0.2) is 0 Å². The number of piperidine rings is 1. The van der Waals surface area contributed by atoms with Crippen LogP contribution in [0.4, 0.5) is 0 Å². The smallest absolute Gasteiger partial charge is 0.0128 e. The Balaban J connectivity index is 2.08. The van der Waals surface area contributed by atoms with Gasteiger partial charge in [-0.2, -0.15) is 0 Å². The van der Waals surface area contributed by atoms with E-state index in [1.54, 1.807) is 0 Å². The molecular formula is C10H19N. The monoisotopic (exact) mass is 153 g/mol. The van der Waals surface area contributed by atoms with Crippen LogP contribution in [0.1, 0.15) is 40.0 Å². The van der Waals surface area contributed by atoms with Gasteiger partial charge in [0.15, 0.2) is 0 Å². The molecule has 0 aromatic carbocycles. The summed E-state index contributed by atoms with van der Waals surface area (Å²) < 4.78 is 0. The fraction of sp³-hybridized carbons (Fsp3) is 1.00. The van der Waals surface area contributed by atoms with Crippen LogP contribution >= 0.6 is 0 Å². The molecule has 2 atom stereocenters. The highest BCUT2D eigenvalue weighted by Gasteiger charge is 2.42. The predicted molar refractivity (Wildman–Crippen MR) is 47.6 cm³/mol. The minimum Gasteiger partial charge on any atom is -0.295 e. The van der Waals surface area contributed by atoms with Gasteiger partial charge in [0.1, 0.15) is 0 Å². The zero-order valence-corrected chi connectivity index (χ0v) is 7.93. The summed E-state index contributed by atoms with van der Waals surface area (Å²) in [7, 11) is 0. The van der Waals surface area contributed by atoms with E-state index in [0.717, 1.165) is 12.0 Å². The third-order valence-electron chi connectivity index (χ3n) is 3.27. The van der Waals surface area contributed by atoms with Crippen molar-refractivity contribution in [2.24, 2.45) is 5.92 Å². The van der Waals surface area contributed by atoms with Crippen molar-refractivity contribution in [3.8, 4) is 0 Å². The first-order valence-electron chi connectivity index (χ1n) is 4.84. The maximum atomic E-state index is 2.70. The molecule has 1 unspecified atom stereocenters. The lowest BCUT2D eigenvalue weighted by molar-refractivity contribution is 0.0974. The summed E-state index contributed by atoms with van der Waals surface area (Å²) in [5.74, 6) is 1.04. The summed E-state index contributed by atoms with van der Waals surface area (Å²) >= 11 is 0. The highest BCUT2D eigenvalue weighted by molar-refractivity contribution is 4.96. The molecule has 1 heterocycles. The quantitative estimate of drug-likeness (QED) is 0.516. The van der Waals surface area contributed by atoms with Crippen molar-refractivity contribution in [2.75, 3.05) is 6.54 Å². The number of hydrogen-bond acceptors (Lipinski definition) is 1. The summed E-state index contributed by atoms with van der Waals surface area (Å²) in [6, 6.07) is 0.931. The SMILES string of the molecule is CC(C)(C)N1CC2CC[C@@H]1C2. The molecule has 64 valence electrons. The highest BCUT2D eigenvalue weighted by Crippen LogP contribution is 2.40. The van der Waals surface area contributed by atoms with E-state index in [-0.39, 0.29) is 0 Å². The topological polar surface area (TPSA) is 3.24 Å². The van der Waals surface area contributed by atoms with Gasteiger partial charge in [0.05, 0.1) is 0 Å². The number of fused-ring (bicyclic) bond motifs is 2. The molecule has 1 aliphatic carbocycles. The second kappa shape index (κ2) is 2.22. The normalized spacial score (nSPS) is 38.5. The summed E-state index contributed by atoms with van der Waals surface area (Å²) in [6.07, 6.45) is 4.44. The Kier molecular flexibility index (Phi) is 1.54. The van der Waals surface area contributed by atoms with Gasteiger partial charge in [0.25, 0.3) is 0 Å². The van der Waals surface area contributed by atoms with Crippen LogP contribution in [-0.2, 0) is 0 Å². The van der Waals surface area contributed by atoms with Gasteiger partial charge >= 0.3 is 0 Å². The van der Waals surface area contributed by atoms with Gasteiger partial charge < -0.3 is 0 Å². The molecule has 0 amide bonds. The van der Waals surface area contributed by atoms with Crippen molar-refractivity contribution in [1.82, 2.24) is 4.90 Å². The summed E-state index contributed by atoms with van der Waals surface area (Å²) in [4.78, 5) is 2.70. The number of hydrogen-bond donors (Lipinski definition) is 0. The van der Waals surface area contributed by atoms with E-state index in [4.69, 9.17) is 0 Å². The average Bonchev–Trinajstić information content (AvgIpc) is 2.42. The summed E-state index contributed by atoms with van der Waals surface area (Å²) in [5.41, 5.74) is 0.417. The molecule has 2 aliphatic rings. The van der Waals surface area contributed by atoms with E-state index in [0.29, 0.717) is 5.54 Å². The van der Waals surface area contributed by atoms with Gasteiger partial charge in [0, 0.05) is 18.1 Å². The molecular weight excluding hydrogens is 134 g/mol. The number of rotatable bonds is 0. The maximum Gasteiger partial charge on any atom is 0.0128 e. The van der Waals surface area contributed by atoms with E-state index in [1.807, 2.05) is 0 Å². The standard InChI is InChI=1S/C10H19N/c1-10(2,3)11-7-8-4-5-9(11)6-8/h8-9H,4-7H2,1-3H3/t8?,9-/m1/s1. The van der Waals surface area contributed by atoms with E-state index in [9.17, 15) is 0 Å². The van der Waals surface area contributed by atoms with Crippen molar-refractivity contribution in [2.45, 2.75) is 51.6 Å². The molecule has 2 fully saturated rings. The molecule has 2 bridgehead atoms. The van der Waals surface area contributed by atoms with E-state index < -0.39 is 0 Å². The van der Waals surface area contributed by atoms with Crippen LogP contribution in [0.25, 0.3) is 0 Å². The van der Waals surface area contributed by atoms with Crippen LogP contribution in [0.3, 0.4) is 0 Å². The molecule has 0 aromatic rings. The molecule has 0 radical (unpaired) electrons. The Bertz CT molecular complexity index is 157. The highest BCUT2D eigenvalue weighted by atomic mass is 15.2. The van der Waals surface area contributed by atoms with Crippen LogP contribution in [0.5, 0.6) is 0 Å². The molecule has 1 nitrogen and oxygen atoms in total. The fourth-order valence-corrected chi connectivity index (χ4v) is 2.75. The van der Waals surface area contributed by atoms with Crippen LogP contribution < -0.4 is 0 Å². The van der Waals surface area contributed by atoms with Gasteiger partial charge in [0.2, 0.25) is 0 Å². The van der Waals surface area contributed by atoms with E-state index >= 15 is 0 Å². The Morgan fingerprint density at radius 2 is 1.91 bits per heavy atom. The second-order valence-electron chi connectivity index (χ2n) is 5.16. The molecule has 1 saturated heterocycles. The Morgan fingerprint density at radius 3 is 2.18 bits per heavy atom. The first-order valence-corrected chi connectivity index (χ1v) is 4.84. The molecule has 1 saturated carbocycles. The first-order chi connectivity index (χ1) is 5.07. The molecule has 0 spiro atoms. The largest absolute Gasteiger partial charge is 0.295 e. The van der Waals surface area contributed by atoms with Gasteiger partial charge in [-0.15, -0.1) is 0 Å². The van der Waals surface area contributed by atoms with E-state index in [2.05, 4.69) is 25.7 Å². The van der Waals surface area contributed by atoms with Gasteiger partial charge in [-0.1, -0.05) is 0 Å².